The molecule has 0 saturated carbocycles. The summed E-state index contributed by atoms with van der Waals surface area (Å²) in [6.45, 7) is 0. The van der Waals surface area contributed by atoms with E-state index in [-0.39, 0.29) is 0 Å². The fourth-order valence-corrected chi connectivity index (χ4v) is 2.29. The van der Waals surface area contributed by atoms with Crippen LogP contribution in [0.2, 0.25) is 0 Å². The zero-order valence-electron chi connectivity index (χ0n) is 10.4. The number of aliphatic imine (C=N–C) groups is 1. The number of furan rings is 3. The molecule has 0 aromatic carbocycles. The molecule has 2 N–H and O–H groups in total. The molecule has 0 radical (unpaired) electrons. The maximum atomic E-state index is 6.32. The van der Waals surface area contributed by atoms with Gasteiger partial charge in [-0.15, -0.1) is 0 Å². The van der Waals surface area contributed by atoms with Gasteiger partial charge >= 0.3 is 0 Å². The second-order valence-corrected chi connectivity index (χ2v) is 4.39. The molecule has 3 aromatic heterocycles. The van der Waals surface area contributed by atoms with E-state index < -0.39 is 6.17 Å². The van der Waals surface area contributed by atoms with Gasteiger partial charge in [-0.25, -0.2) is 0 Å². The average molecular weight is 269 g/mol. The Morgan fingerprint density at radius 1 is 1.10 bits per heavy atom. The summed E-state index contributed by atoms with van der Waals surface area (Å²) in [4.78, 5) is 6.32. The standard InChI is InChI=1S/C14H11N3O3/c15-12-10-4-7-20-14(10)16-13(9-3-6-18-8-9)17(12)11-2-1-5-19-11/h1-8,12H,15H2. The van der Waals surface area contributed by atoms with Gasteiger partial charge in [0.05, 0.1) is 29.9 Å². The van der Waals surface area contributed by atoms with Crippen LogP contribution in [0.4, 0.5) is 11.8 Å². The SMILES string of the molecule is NC1c2ccoc2N=C(c2ccoc2)N1c1ccco1. The number of nitrogens with two attached hydrogens (primary N) is 1. The van der Waals surface area contributed by atoms with Gasteiger partial charge in [-0.3, -0.25) is 4.90 Å². The molecule has 1 atom stereocenters. The van der Waals surface area contributed by atoms with E-state index in [1.165, 1.54) is 0 Å². The van der Waals surface area contributed by atoms with E-state index in [0.29, 0.717) is 17.6 Å². The zero-order chi connectivity index (χ0) is 13.5. The van der Waals surface area contributed by atoms with Crippen LogP contribution in [0.15, 0.2) is 67.6 Å². The van der Waals surface area contributed by atoms with E-state index in [2.05, 4.69) is 4.99 Å². The molecule has 0 spiro atoms. The Morgan fingerprint density at radius 3 is 2.80 bits per heavy atom. The third kappa shape index (κ3) is 1.52. The Hall–Kier alpha value is -2.73. The van der Waals surface area contributed by atoms with Gasteiger partial charge in [0.2, 0.25) is 11.8 Å². The Bertz CT molecular complexity index is 741. The first-order valence-electron chi connectivity index (χ1n) is 6.11. The summed E-state index contributed by atoms with van der Waals surface area (Å²) in [5.41, 5.74) is 7.94. The molecular formula is C14H11N3O3. The van der Waals surface area contributed by atoms with Crippen LogP contribution in [-0.2, 0) is 0 Å². The van der Waals surface area contributed by atoms with Crippen molar-refractivity contribution in [2.75, 3.05) is 4.90 Å². The van der Waals surface area contributed by atoms with Crippen molar-refractivity contribution in [3.8, 4) is 0 Å². The van der Waals surface area contributed by atoms with Gasteiger partial charge < -0.3 is 19.0 Å². The van der Waals surface area contributed by atoms with E-state index >= 15 is 0 Å². The number of nitrogens with zero attached hydrogens (tertiary/aromatic N) is 2. The Labute approximate surface area is 114 Å². The molecule has 6 heteroatoms. The van der Waals surface area contributed by atoms with E-state index in [1.54, 1.807) is 31.1 Å². The summed E-state index contributed by atoms with van der Waals surface area (Å²) in [5, 5.41) is 0. The van der Waals surface area contributed by atoms with Crippen LogP contribution < -0.4 is 10.6 Å². The molecule has 1 unspecified atom stereocenters. The van der Waals surface area contributed by atoms with Gasteiger partial charge in [0.1, 0.15) is 12.4 Å². The van der Waals surface area contributed by atoms with Crippen LogP contribution in [-0.4, -0.2) is 5.84 Å². The molecule has 0 saturated heterocycles. The van der Waals surface area contributed by atoms with Gasteiger partial charge in [-0.05, 0) is 18.2 Å². The highest BCUT2D eigenvalue weighted by Crippen LogP contribution is 2.37. The maximum Gasteiger partial charge on any atom is 0.227 e. The Morgan fingerprint density at radius 2 is 2.05 bits per heavy atom. The van der Waals surface area contributed by atoms with Gasteiger partial charge in [-0.2, -0.15) is 4.99 Å². The van der Waals surface area contributed by atoms with E-state index in [0.717, 1.165) is 11.1 Å². The zero-order valence-corrected chi connectivity index (χ0v) is 10.4. The second-order valence-electron chi connectivity index (χ2n) is 4.39. The summed E-state index contributed by atoms with van der Waals surface area (Å²) in [6, 6.07) is 7.27. The number of hydrogen-bond acceptors (Lipinski definition) is 6. The molecular weight excluding hydrogens is 258 g/mol. The molecule has 0 fully saturated rings. The van der Waals surface area contributed by atoms with Crippen molar-refractivity contribution in [1.82, 2.24) is 0 Å². The molecule has 3 aromatic rings. The number of fused-ring (bicyclic) bond motifs is 1. The van der Waals surface area contributed by atoms with Crippen LogP contribution in [0.3, 0.4) is 0 Å². The van der Waals surface area contributed by atoms with Crippen molar-refractivity contribution in [3.63, 3.8) is 0 Å². The topological polar surface area (TPSA) is 81.0 Å². The van der Waals surface area contributed by atoms with Crippen LogP contribution in [0.1, 0.15) is 17.3 Å². The lowest BCUT2D eigenvalue weighted by molar-refractivity contribution is 0.533. The lowest BCUT2D eigenvalue weighted by atomic mass is 10.1. The fourth-order valence-electron chi connectivity index (χ4n) is 2.29. The molecule has 0 aliphatic carbocycles. The van der Waals surface area contributed by atoms with E-state index in [9.17, 15) is 0 Å². The largest absolute Gasteiger partial charge is 0.472 e. The van der Waals surface area contributed by atoms with Crippen molar-refractivity contribution < 1.29 is 13.3 Å². The highest BCUT2D eigenvalue weighted by Gasteiger charge is 2.33. The summed E-state index contributed by atoms with van der Waals surface area (Å²) < 4.78 is 16.0. The monoisotopic (exact) mass is 269 g/mol. The molecule has 6 nitrogen and oxygen atoms in total. The lowest BCUT2D eigenvalue weighted by Crippen LogP contribution is -2.41. The van der Waals surface area contributed by atoms with Crippen molar-refractivity contribution in [1.29, 1.82) is 0 Å². The first-order valence-corrected chi connectivity index (χ1v) is 6.11. The van der Waals surface area contributed by atoms with Gasteiger partial charge in [0, 0.05) is 6.07 Å². The summed E-state index contributed by atoms with van der Waals surface area (Å²) in [7, 11) is 0. The first-order chi connectivity index (χ1) is 9.84. The summed E-state index contributed by atoms with van der Waals surface area (Å²) in [6.07, 6.45) is 5.93. The van der Waals surface area contributed by atoms with Crippen molar-refractivity contribution >= 4 is 17.6 Å². The minimum absolute atomic E-state index is 0.433. The molecule has 1 aliphatic heterocycles. The first kappa shape index (κ1) is 11.1. The highest BCUT2D eigenvalue weighted by atomic mass is 16.4. The predicted octanol–water partition coefficient (Wildman–Crippen LogP) is 3.02. The average Bonchev–Trinajstić information content (AvgIpc) is 3.20. The summed E-state index contributed by atoms with van der Waals surface area (Å²) >= 11 is 0. The number of amidine groups is 1. The smallest absolute Gasteiger partial charge is 0.227 e. The van der Waals surface area contributed by atoms with Crippen LogP contribution >= 0.6 is 0 Å². The molecule has 100 valence electrons. The van der Waals surface area contributed by atoms with Crippen LogP contribution in [0, 0.1) is 0 Å². The molecule has 0 amide bonds. The van der Waals surface area contributed by atoms with Gasteiger partial charge in [0.15, 0.2) is 5.84 Å². The van der Waals surface area contributed by atoms with E-state index in [1.807, 2.05) is 23.1 Å². The van der Waals surface area contributed by atoms with Gasteiger partial charge in [0.25, 0.3) is 0 Å². The molecule has 4 heterocycles. The molecule has 0 bridgehead atoms. The van der Waals surface area contributed by atoms with Crippen LogP contribution in [0.5, 0.6) is 0 Å². The third-order valence-electron chi connectivity index (χ3n) is 3.23. The summed E-state index contributed by atoms with van der Waals surface area (Å²) in [5.74, 6) is 1.75. The highest BCUT2D eigenvalue weighted by molar-refractivity contribution is 6.11. The lowest BCUT2D eigenvalue weighted by Gasteiger charge is -2.31. The number of rotatable bonds is 2. The van der Waals surface area contributed by atoms with E-state index in [4.69, 9.17) is 19.0 Å². The fraction of sp³-hybridized carbons (Fsp3) is 0.0714. The van der Waals surface area contributed by atoms with Crippen LogP contribution in [0.25, 0.3) is 0 Å². The van der Waals surface area contributed by atoms with Gasteiger partial charge in [-0.1, -0.05) is 0 Å². The maximum absolute atomic E-state index is 6.32. The third-order valence-corrected chi connectivity index (χ3v) is 3.23. The predicted molar refractivity (Wildman–Crippen MR) is 71.7 cm³/mol. The molecule has 1 aliphatic rings. The van der Waals surface area contributed by atoms with Crippen molar-refractivity contribution in [2.24, 2.45) is 10.7 Å². The van der Waals surface area contributed by atoms with Crippen molar-refractivity contribution in [3.05, 3.63) is 60.4 Å². The molecule has 4 rings (SSSR count). The Kier molecular flexibility index (Phi) is 2.30. The quantitative estimate of drug-likeness (QED) is 0.773. The minimum Gasteiger partial charge on any atom is -0.472 e. The molecule has 20 heavy (non-hydrogen) atoms. The van der Waals surface area contributed by atoms with Crippen molar-refractivity contribution in [2.45, 2.75) is 6.17 Å². The Balaban J connectivity index is 1.92. The normalized spacial score (nSPS) is 17.9. The second kappa shape index (κ2) is 4.14. The number of anilines is 1. The minimum atomic E-state index is -0.433. The number of hydrogen-bond donors (Lipinski definition) is 1.